The van der Waals surface area contributed by atoms with Crippen LogP contribution in [0.5, 0.6) is 0 Å². The smallest absolute Gasteiger partial charge is 0.242 e. The zero-order valence-electron chi connectivity index (χ0n) is 10.6. The highest BCUT2D eigenvalue weighted by Gasteiger charge is 2.20. The SMILES string of the molecule is CCNC(=O)C(C)n1c(N)nc2cc(I)c(F)cc21. The number of carbonyl (C=O) groups is 1. The molecule has 1 aromatic heterocycles. The van der Waals surface area contributed by atoms with Crippen LogP contribution in [0.4, 0.5) is 10.3 Å². The highest BCUT2D eigenvalue weighted by Crippen LogP contribution is 2.26. The minimum atomic E-state index is -0.538. The summed E-state index contributed by atoms with van der Waals surface area (Å²) in [5.41, 5.74) is 6.94. The van der Waals surface area contributed by atoms with E-state index in [0.29, 0.717) is 21.1 Å². The summed E-state index contributed by atoms with van der Waals surface area (Å²) >= 11 is 1.89. The number of carbonyl (C=O) groups excluding carboxylic acids is 1. The number of nitrogen functional groups attached to an aromatic ring is 1. The molecule has 0 spiro atoms. The average molecular weight is 376 g/mol. The van der Waals surface area contributed by atoms with Crippen molar-refractivity contribution in [2.75, 3.05) is 12.3 Å². The predicted molar refractivity (Wildman–Crippen MR) is 80.2 cm³/mol. The quantitative estimate of drug-likeness (QED) is 0.806. The monoisotopic (exact) mass is 376 g/mol. The van der Waals surface area contributed by atoms with Crippen molar-refractivity contribution >= 4 is 45.5 Å². The van der Waals surface area contributed by atoms with Gasteiger partial charge in [0.15, 0.2) is 0 Å². The Balaban J connectivity index is 2.56. The van der Waals surface area contributed by atoms with Gasteiger partial charge in [-0.15, -0.1) is 0 Å². The number of halogens is 2. The number of nitrogens with two attached hydrogens (primary N) is 1. The number of benzene rings is 1. The molecule has 7 heteroatoms. The van der Waals surface area contributed by atoms with Crippen LogP contribution in [-0.4, -0.2) is 22.0 Å². The summed E-state index contributed by atoms with van der Waals surface area (Å²) in [5.74, 6) is -0.319. The molecule has 102 valence electrons. The molecule has 0 aliphatic rings. The predicted octanol–water partition coefficient (Wildman–Crippen LogP) is 2.06. The van der Waals surface area contributed by atoms with Crippen LogP contribution in [0, 0.1) is 9.39 Å². The first-order chi connectivity index (χ1) is 8.95. The second-order valence-corrected chi connectivity index (χ2v) is 5.33. The van der Waals surface area contributed by atoms with E-state index in [2.05, 4.69) is 10.3 Å². The zero-order valence-corrected chi connectivity index (χ0v) is 12.7. The molecule has 1 unspecified atom stereocenters. The van der Waals surface area contributed by atoms with Crippen LogP contribution in [0.1, 0.15) is 19.9 Å². The van der Waals surface area contributed by atoms with Crippen LogP contribution in [0.2, 0.25) is 0 Å². The molecule has 1 atom stereocenters. The first-order valence-electron chi connectivity index (χ1n) is 5.85. The number of hydrogen-bond acceptors (Lipinski definition) is 3. The molecule has 0 aliphatic heterocycles. The van der Waals surface area contributed by atoms with Crippen molar-refractivity contribution < 1.29 is 9.18 Å². The van der Waals surface area contributed by atoms with E-state index in [1.807, 2.05) is 29.5 Å². The van der Waals surface area contributed by atoms with E-state index >= 15 is 0 Å². The van der Waals surface area contributed by atoms with Gasteiger partial charge in [0, 0.05) is 12.6 Å². The lowest BCUT2D eigenvalue weighted by molar-refractivity contribution is -0.123. The van der Waals surface area contributed by atoms with Gasteiger partial charge in [0.1, 0.15) is 11.9 Å². The molecule has 0 fully saturated rings. The number of imidazole rings is 1. The molecule has 0 aliphatic carbocycles. The van der Waals surface area contributed by atoms with Crippen molar-refractivity contribution in [3.63, 3.8) is 0 Å². The van der Waals surface area contributed by atoms with Crippen LogP contribution in [0.15, 0.2) is 12.1 Å². The van der Waals surface area contributed by atoms with Crippen LogP contribution in [0.3, 0.4) is 0 Å². The van der Waals surface area contributed by atoms with Gasteiger partial charge in [-0.3, -0.25) is 9.36 Å². The number of rotatable bonds is 3. The van der Waals surface area contributed by atoms with Gasteiger partial charge in [0.25, 0.3) is 0 Å². The Morgan fingerprint density at radius 1 is 1.63 bits per heavy atom. The van der Waals surface area contributed by atoms with E-state index in [0.717, 1.165) is 0 Å². The summed E-state index contributed by atoms with van der Waals surface area (Å²) < 4.78 is 15.7. The van der Waals surface area contributed by atoms with Gasteiger partial charge in [-0.2, -0.15) is 0 Å². The van der Waals surface area contributed by atoms with Gasteiger partial charge in [0.2, 0.25) is 11.9 Å². The zero-order chi connectivity index (χ0) is 14.2. The first-order valence-corrected chi connectivity index (χ1v) is 6.93. The van der Waals surface area contributed by atoms with E-state index in [4.69, 9.17) is 5.73 Å². The third-order valence-electron chi connectivity index (χ3n) is 2.88. The number of nitrogens with zero attached hydrogens (tertiary/aromatic N) is 2. The van der Waals surface area contributed by atoms with Gasteiger partial charge in [0.05, 0.1) is 14.6 Å². The van der Waals surface area contributed by atoms with Gasteiger partial charge in [-0.05, 0) is 42.5 Å². The second-order valence-electron chi connectivity index (χ2n) is 4.17. The Labute approximate surface area is 123 Å². The third kappa shape index (κ3) is 2.51. The highest BCUT2D eigenvalue weighted by atomic mass is 127. The van der Waals surface area contributed by atoms with Crippen molar-refractivity contribution in [2.45, 2.75) is 19.9 Å². The number of likely N-dealkylation sites (N-methyl/N-ethyl adjacent to an activating group) is 1. The van der Waals surface area contributed by atoms with Crippen molar-refractivity contribution in [3.8, 4) is 0 Å². The number of aromatic nitrogens is 2. The summed E-state index contributed by atoms with van der Waals surface area (Å²) in [4.78, 5) is 16.0. The largest absolute Gasteiger partial charge is 0.369 e. The summed E-state index contributed by atoms with van der Waals surface area (Å²) in [6, 6.07) is 2.43. The van der Waals surface area contributed by atoms with E-state index in [-0.39, 0.29) is 17.7 Å². The Hall–Kier alpha value is -1.38. The Morgan fingerprint density at radius 2 is 2.32 bits per heavy atom. The molecule has 1 amide bonds. The normalized spacial score (nSPS) is 12.6. The molecule has 19 heavy (non-hydrogen) atoms. The number of anilines is 1. The summed E-state index contributed by atoms with van der Waals surface area (Å²) in [6.45, 7) is 4.07. The molecule has 0 bridgehead atoms. The van der Waals surface area contributed by atoms with Crippen molar-refractivity contribution in [2.24, 2.45) is 0 Å². The summed E-state index contributed by atoms with van der Waals surface area (Å²) in [5, 5.41) is 2.71. The van der Waals surface area contributed by atoms with Crippen LogP contribution < -0.4 is 11.1 Å². The van der Waals surface area contributed by atoms with Crippen LogP contribution >= 0.6 is 22.6 Å². The number of amides is 1. The van der Waals surface area contributed by atoms with Crippen molar-refractivity contribution in [3.05, 3.63) is 21.5 Å². The lowest BCUT2D eigenvalue weighted by Gasteiger charge is -2.15. The van der Waals surface area contributed by atoms with Crippen LogP contribution in [0.25, 0.3) is 11.0 Å². The molecule has 5 nitrogen and oxygen atoms in total. The summed E-state index contributed by atoms with van der Waals surface area (Å²) in [7, 11) is 0. The topological polar surface area (TPSA) is 72.9 Å². The van der Waals surface area contributed by atoms with Gasteiger partial charge >= 0.3 is 0 Å². The Morgan fingerprint density at radius 3 is 2.95 bits per heavy atom. The highest BCUT2D eigenvalue weighted by molar-refractivity contribution is 14.1. The fourth-order valence-electron chi connectivity index (χ4n) is 1.96. The molecule has 0 saturated heterocycles. The van der Waals surface area contributed by atoms with Gasteiger partial charge < -0.3 is 11.1 Å². The molecule has 0 radical (unpaired) electrons. The number of fused-ring (bicyclic) bond motifs is 1. The number of nitrogens with one attached hydrogen (secondary N) is 1. The molecule has 1 aromatic carbocycles. The van der Waals surface area contributed by atoms with E-state index in [1.165, 1.54) is 6.07 Å². The first kappa shape index (κ1) is 14.0. The third-order valence-corrected chi connectivity index (χ3v) is 3.70. The maximum Gasteiger partial charge on any atom is 0.242 e. The van der Waals surface area contributed by atoms with E-state index in [1.54, 1.807) is 17.6 Å². The standard InChI is InChI=1S/C12H14FIN4O/c1-3-16-11(19)6(2)18-10-4-7(13)8(14)5-9(10)17-12(18)15/h4-6H,3H2,1-2H3,(H2,15,17)(H,16,19). The second kappa shape index (κ2) is 5.32. The maximum atomic E-state index is 13.7. The molecular weight excluding hydrogens is 362 g/mol. The average Bonchev–Trinajstić information content (AvgIpc) is 2.65. The molecule has 2 rings (SSSR count). The fourth-order valence-corrected chi connectivity index (χ4v) is 2.41. The Kier molecular flexibility index (Phi) is 3.93. The Bertz CT molecular complexity index is 640. The molecule has 3 N–H and O–H groups in total. The van der Waals surface area contributed by atoms with Gasteiger partial charge in [-0.1, -0.05) is 0 Å². The van der Waals surface area contributed by atoms with Crippen molar-refractivity contribution in [1.29, 1.82) is 0 Å². The van der Waals surface area contributed by atoms with E-state index < -0.39 is 6.04 Å². The van der Waals surface area contributed by atoms with Gasteiger partial charge in [-0.25, -0.2) is 9.37 Å². The molecule has 1 heterocycles. The lowest BCUT2D eigenvalue weighted by Crippen LogP contribution is -2.31. The molecule has 0 saturated carbocycles. The molecule has 2 aromatic rings. The van der Waals surface area contributed by atoms with Crippen LogP contribution in [-0.2, 0) is 4.79 Å². The molecular formula is C12H14FIN4O. The minimum absolute atomic E-state index is 0.174. The van der Waals surface area contributed by atoms with E-state index in [9.17, 15) is 9.18 Å². The number of hydrogen-bond donors (Lipinski definition) is 2. The lowest BCUT2D eigenvalue weighted by atomic mass is 10.2. The maximum absolute atomic E-state index is 13.7. The summed E-state index contributed by atoms with van der Waals surface area (Å²) in [6.07, 6.45) is 0. The van der Waals surface area contributed by atoms with Crippen molar-refractivity contribution in [1.82, 2.24) is 14.9 Å². The minimum Gasteiger partial charge on any atom is -0.369 e. The fraction of sp³-hybridized carbons (Fsp3) is 0.333.